The van der Waals surface area contributed by atoms with Crippen molar-refractivity contribution >= 4 is 35.4 Å². The number of fused-ring (bicyclic) bond motifs is 1. The number of amides is 1. The van der Waals surface area contributed by atoms with Gasteiger partial charge in [0.15, 0.2) is 10.9 Å². The quantitative estimate of drug-likeness (QED) is 0.385. The third-order valence-electron chi connectivity index (χ3n) is 5.64. The molecule has 3 heterocycles. The highest BCUT2D eigenvalue weighted by molar-refractivity contribution is 8.04. The summed E-state index contributed by atoms with van der Waals surface area (Å²) in [6.45, 7) is 0. The molecule has 0 spiro atoms. The second kappa shape index (κ2) is 9.46. The Labute approximate surface area is 198 Å². The highest BCUT2D eigenvalue weighted by atomic mass is 32.2. The number of para-hydroxylation sites is 1. The van der Waals surface area contributed by atoms with Crippen molar-refractivity contribution in [2.45, 2.75) is 29.7 Å². The largest absolute Gasteiger partial charge is 0.461 e. The number of carbonyl (C=O) groups excluding carboxylic acids is 2. The molecule has 2 atom stereocenters. The maximum atomic E-state index is 12.8. The van der Waals surface area contributed by atoms with E-state index in [1.807, 2.05) is 41.0 Å². The van der Waals surface area contributed by atoms with Crippen LogP contribution in [0.4, 0.5) is 0 Å². The molecule has 2 unspecified atom stereocenters. The Kier molecular flexibility index (Phi) is 6.25. The van der Waals surface area contributed by atoms with Crippen LogP contribution in [0.1, 0.15) is 19.3 Å². The Balaban J connectivity index is 1.35. The Morgan fingerprint density at radius 2 is 2.06 bits per heavy atom. The third kappa shape index (κ3) is 4.31. The van der Waals surface area contributed by atoms with Gasteiger partial charge in [-0.05, 0) is 37.1 Å². The fourth-order valence-corrected chi connectivity index (χ4v) is 6.53. The first kappa shape index (κ1) is 21.8. The number of furan rings is 1. The summed E-state index contributed by atoms with van der Waals surface area (Å²) in [6, 6.07) is 13.2. The van der Waals surface area contributed by atoms with Crippen molar-refractivity contribution in [1.82, 2.24) is 20.1 Å². The predicted octanol–water partition coefficient (Wildman–Crippen LogP) is 3.28. The van der Waals surface area contributed by atoms with Gasteiger partial charge in [0.2, 0.25) is 11.7 Å². The minimum absolute atomic E-state index is 0.0750. The number of aromatic nitrogens is 3. The van der Waals surface area contributed by atoms with Gasteiger partial charge >= 0.3 is 5.97 Å². The highest BCUT2D eigenvalue weighted by Gasteiger charge is 2.43. The fraction of sp³-hybridized carbons (Fsp3) is 0.273. The second-order valence-corrected chi connectivity index (χ2v) is 9.83. The van der Waals surface area contributed by atoms with E-state index in [0.717, 1.165) is 24.9 Å². The lowest BCUT2D eigenvalue weighted by Gasteiger charge is -2.11. The van der Waals surface area contributed by atoms with Crippen LogP contribution in [0.25, 0.3) is 17.3 Å². The lowest BCUT2D eigenvalue weighted by atomic mass is 9.98. The van der Waals surface area contributed by atoms with E-state index >= 15 is 0 Å². The molecule has 11 heteroatoms. The Morgan fingerprint density at radius 1 is 1.21 bits per heavy atom. The van der Waals surface area contributed by atoms with E-state index in [1.54, 1.807) is 12.3 Å². The number of carbonyl (C=O) groups is 2. The van der Waals surface area contributed by atoms with Gasteiger partial charge in [-0.3, -0.25) is 9.36 Å². The van der Waals surface area contributed by atoms with E-state index in [1.165, 1.54) is 23.5 Å². The first-order valence-electron chi connectivity index (χ1n) is 10.4. The number of nitrogens with two attached hydrogens (primary N) is 1. The summed E-state index contributed by atoms with van der Waals surface area (Å²) in [7, 11) is 0. The molecule has 5 rings (SSSR count). The zero-order chi connectivity index (χ0) is 22.8. The first-order chi connectivity index (χ1) is 16.2. The van der Waals surface area contributed by atoms with E-state index in [-0.39, 0.29) is 22.8 Å². The minimum atomic E-state index is -0.577. The molecule has 1 fully saturated rings. The van der Waals surface area contributed by atoms with Gasteiger partial charge in [0, 0.05) is 16.9 Å². The van der Waals surface area contributed by atoms with E-state index in [2.05, 4.69) is 20.4 Å². The molecule has 2 aliphatic rings. The maximum Gasteiger partial charge on any atom is 0.355 e. The highest BCUT2D eigenvalue weighted by Crippen LogP contribution is 2.49. The summed E-state index contributed by atoms with van der Waals surface area (Å²) in [5, 5.41) is 12.8. The molecule has 2 aromatic heterocycles. The van der Waals surface area contributed by atoms with Crippen LogP contribution in [-0.4, -0.2) is 37.6 Å². The van der Waals surface area contributed by atoms with Crippen LogP contribution in [0.15, 0.2) is 68.9 Å². The van der Waals surface area contributed by atoms with Crippen LogP contribution in [0, 0.1) is 5.92 Å². The third-order valence-corrected chi connectivity index (χ3v) is 7.99. The average molecular weight is 484 g/mol. The molecule has 1 aliphatic carbocycles. The predicted molar refractivity (Wildman–Crippen MR) is 124 cm³/mol. The van der Waals surface area contributed by atoms with Crippen LogP contribution < -0.4 is 11.2 Å². The Bertz CT molecular complexity index is 1190. The molecular formula is C22H21N5O4S2. The van der Waals surface area contributed by atoms with Gasteiger partial charge in [-0.1, -0.05) is 36.4 Å². The van der Waals surface area contributed by atoms with Gasteiger partial charge in [0.1, 0.15) is 0 Å². The number of nitrogens with one attached hydrogen (secondary N) is 1. The zero-order valence-corrected chi connectivity index (χ0v) is 19.1. The van der Waals surface area contributed by atoms with Crippen molar-refractivity contribution in [2.75, 3.05) is 5.75 Å². The summed E-state index contributed by atoms with van der Waals surface area (Å²) >= 11 is 2.77. The number of benzene rings is 1. The second-order valence-electron chi connectivity index (χ2n) is 7.63. The maximum absolute atomic E-state index is 12.8. The van der Waals surface area contributed by atoms with Crippen molar-refractivity contribution in [3.05, 3.63) is 59.3 Å². The summed E-state index contributed by atoms with van der Waals surface area (Å²) in [5.41, 5.74) is 1.34. The molecule has 1 aromatic carbocycles. The van der Waals surface area contributed by atoms with Gasteiger partial charge in [-0.2, -0.15) is 5.90 Å². The molecule has 170 valence electrons. The number of thioether (sulfide) groups is 2. The Hall–Kier alpha value is -3.02. The average Bonchev–Trinajstić information content (AvgIpc) is 3.61. The molecular weight excluding hydrogens is 462 g/mol. The monoisotopic (exact) mass is 483 g/mol. The molecule has 3 N–H and O–H groups in total. The fourth-order valence-electron chi connectivity index (χ4n) is 4.22. The molecule has 0 bridgehead atoms. The van der Waals surface area contributed by atoms with E-state index in [4.69, 9.17) is 10.3 Å². The molecule has 9 nitrogen and oxygen atoms in total. The smallest absolute Gasteiger partial charge is 0.355 e. The summed E-state index contributed by atoms with van der Waals surface area (Å²) in [4.78, 5) is 29.5. The van der Waals surface area contributed by atoms with Crippen LogP contribution >= 0.6 is 23.5 Å². The standard InChI is InChI=1S/C22H21N5O4S2/c23-31-21(29)18-14-8-4-10-16(14)33-20(18)24-17(28)12-32-22-26-25-19(15-9-5-11-30-15)27(22)13-6-2-1-3-7-13/h1-3,5-7,9,11,14,16H,4,8,10,12,23H2,(H,24,28). The molecule has 1 amide bonds. The molecule has 33 heavy (non-hydrogen) atoms. The van der Waals surface area contributed by atoms with E-state index < -0.39 is 5.97 Å². The lowest BCUT2D eigenvalue weighted by molar-refractivity contribution is -0.140. The summed E-state index contributed by atoms with van der Waals surface area (Å²) < 4.78 is 7.36. The normalized spacial score (nSPS) is 19.5. The van der Waals surface area contributed by atoms with Gasteiger partial charge in [0.25, 0.3) is 0 Å². The van der Waals surface area contributed by atoms with Crippen LogP contribution in [0.3, 0.4) is 0 Å². The van der Waals surface area contributed by atoms with Crippen LogP contribution in [0.2, 0.25) is 0 Å². The molecule has 3 aromatic rings. The van der Waals surface area contributed by atoms with Crippen LogP contribution in [0.5, 0.6) is 0 Å². The number of hydrogen-bond donors (Lipinski definition) is 2. The summed E-state index contributed by atoms with van der Waals surface area (Å²) in [6.07, 6.45) is 4.52. The van der Waals surface area contributed by atoms with Gasteiger partial charge in [-0.15, -0.1) is 22.0 Å². The molecule has 1 aliphatic heterocycles. The topological polar surface area (TPSA) is 125 Å². The van der Waals surface area contributed by atoms with Crippen molar-refractivity contribution in [1.29, 1.82) is 0 Å². The first-order valence-corrected chi connectivity index (χ1v) is 12.3. The van der Waals surface area contributed by atoms with Gasteiger partial charge in [-0.25, -0.2) is 4.79 Å². The molecule has 0 saturated heterocycles. The minimum Gasteiger partial charge on any atom is -0.461 e. The molecule has 1 saturated carbocycles. The van der Waals surface area contributed by atoms with Gasteiger partial charge < -0.3 is 14.6 Å². The molecule has 0 radical (unpaired) electrons. The zero-order valence-electron chi connectivity index (χ0n) is 17.5. The van der Waals surface area contributed by atoms with Crippen molar-refractivity contribution in [3.8, 4) is 17.3 Å². The van der Waals surface area contributed by atoms with Crippen LogP contribution in [-0.2, 0) is 14.4 Å². The van der Waals surface area contributed by atoms with Crippen molar-refractivity contribution < 1.29 is 18.8 Å². The van der Waals surface area contributed by atoms with E-state index in [9.17, 15) is 9.59 Å². The van der Waals surface area contributed by atoms with Crippen molar-refractivity contribution in [2.24, 2.45) is 11.8 Å². The number of rotatable bonds is 7. The van der Waals surface area contributed by atoms with Crippen molar-refractivity contribution in [3.63, 3.8) is 0 Å². The number of hydrogen-bond acceptors (Lipinski definition) is 9. The van der Waals surface area contributed by atoms with Gasteiger partial charge in [0.05, 0.1) is 22.6 Å². The summed E-state index contributed by atoms with van der Waals surface area (Å²) in [5.74, 6) is 5.61. The Morgan fingerprint density at radius 3 is 2.82 bits per heavy atom. The lowest BCUT2D eigenvalue weighted by Crippen LogP contribution is -2.26. The van der Waals surface area contributed by atoms with E-state index in [0.29, 0.717) is 27.3 Å². The number of nitrogens with zero attached hydrogens (tertiary/aromatic N) is 3. The SMILES string of the molecule is NOC(=O)C1=C(NC(=O)CSc2nnc(-c3ccco3)n2-c2ccccc2)SC2CCCC12.